The molecule has 1 unspecified atom stereocenters. The number of hydrogen-bond acceptors (Lipinski definition) is 3. The smallest absolute Gasteiger partial charge is 0.244 e. The highest BCUT2D eigenvalue weighted by Gasteiger charge is 2.23. The highest BCUT2D eigenvalue weighted by Crippen LogP contribution is 2.22. The van der Waals surface area contributed by atoms with Crippen LogP contribution in [0.1, 0.15) is 43.8 Å². The molecule has 0 spiro atoms. The maximum Gasteiger partial charge on any atom is 0.244 e. The number of benzene rings is 3. The normalized spacial score (nSPS) is 12.2. The molecule has 3 aromatic carbocycles. The van der Waals surface area contributed by atoms with Gasteiger partial charge in [-0.2, -0.15) is 0 Å². The van der Waals surface area contributed by atoms with Gasteiger partial charge in [-0.05, 0) is 50.1 Å². The molecule has 0 aliphatic rings. The first-order chi connectivity index (χ1) is 17.4. The second-order valence-corrected chi connectivity index (χ2v) is 9.12. The third-order valence-corrected chi connectivity index (χ3v) is 6.09. The SMILES string of the molecule is CC(NC(=O)/C=C\c1ccccc1)c1nc2ccccc2n1CC(=O)N(Cc1ccccc1)C(C)C. The van der Waals surface area contributed by atoms with Crippen molar-refractivity contribution in [2.75, 3.05) is 0 Å². The molecule has 0 saturated carbocycles. The molecule has 0 bridgehead atoms. The molecule has 1 N–H and O–H groups in total. The molecule has 36 heavy (non-hydrogen) atoms. The first-order valence-corrected chi connectivity index (χ1v) is 12.2. The Balaban J connectivity index is 1.56. The number of imidazole rings is 1. The summed E-state index contributed by atoms with van der Waals surface area (Å²) in [4.78, 5) is 32.8. The van der Waals surface area contributed by atoms with Crippen LogP contribution in [0, 0.1) is 0 Å². The minimum Gasteiger partial charge on any atom is -0.343 e. The van der Waals surface area contributed by atoms with Crippen LogP contribution in [0.25, 0.3) is 17.1 Å². The number of nitrogens with one attached hydrogen (secondary N) is 1. The van der Waals surface area contributed by atoms with Crippen molar-refractivity contribution in [3.8, 4) is 0 Å². The molecule has 4 rings (SSSR count). The number of aromatic nitrogens is 2. The van der Waals surface area contributed by atoms with Gasteiger partial charge in [-0.25, -0.2) is 4.98 Å². The van der Waals surface area contributed by atoms with Crippen molar-refractivity contribution in [1.29, 1.82) is 0 Å². The van der Waals surface area contributed by atoms with Crippen LogP contribution < -0.4 is 5.32 Å². The van der Waals surface area contributed by atoms with Crippen molar-refractivity contribution < 1.29 is 9.59 Å². The number of nitrogens with zero attached hydrogens (tertiary/aromatic N) is 3. The van der Waals surface area contributed by atoms with E-state index in [4.69, 9.17) is 4.98 Å². The van der Waals surface area contributed by atoms with Gasteiger partial charge >= 0.3 is 0 Å². The van der Waals surface area contributed by atoms with Gasteiger partial charge in [0.2, 0.25) is 11.8 Å². The number of hydrogen-bond donors (Lipinski definition) is 1. The Bertz CT molecular complexity index is 1340. The summed E-state index contributed by atoms with van der Waals surface area (Å²) in [6.07, 6.45) is 3.29. The number of fused-ring (bicyclic) bond motifs is 1. The van der Waals surface area contributed by atoms with Crippen LogP contribution in [0.4, 0.5) is 0 Å². The van der Waals surface area contributed by atoms with Crippen molar-refractivity contribution in [3.05, 3.63) is 108 Å². The van der Waals surface area contributed by atoms with Crippen molar-refractivity contribution in [2.24, 2.45) is 0 Å². The zero-order valence-corrected chi connectivity index (χ0v) is 21.0. The van der Waals surface area contributed by atoms with Crippen LogP contribution in [-0.2, 0) is 22.7 Å². The van der Waals surface area contributed by atoms with Crippen molar-refractivity contribution >= 4 is 28.9 Å². The van der Waals surface area contributed by atoms with Crippen LogP contribution in [-0.4, -0.2) is 32.3 Å². The van der Waals surface area contributed by atoms with E-state index in [1.165, 1.54) is 6.08 Å². The van der Waals surface area contributed by atoms with Crippen molar-refractivity contribution in [3.63, 3.8) is 0 Å². The minimum absolute atomic E-state index is 0.000700. The van der Waals surface area contributed by atoms with Gasteiger partial charge in [0.05, 0.1) is 17.1 Å². The molecule has 1 heterocycles. The molecule has 0 aliphatic heterocycles. The Hall–Kier alpha value is -4.19. The lowest BCUT2D eigenvalue weighted by atomic mass is 10.2. The van der Waals surface area contributed by atoms with E-state index in [1.807, 2.05) is 115 Å². The summed E-state index contributed by atoms with van der Waals surface area (Å²) in [6, 6.07) is 27.1. The summed E-state index contributed by atoms with van der Waals surface area (Å²) in [5.41, 5.74) is 3.69. The molecule has 0 fully saturated rings. The topological polar surface area (TPSA) is 67.2 Å². The first kappa shape index (κ1) is 24.9. The predicted octanol–water partition coefficient (Wildman–Crippen LogP) is 5.36. The highest BCUT2D eigenvalue weighted by molar-refractivity contribution is 5.92. The lowest BCUT2D eigenvalue weighted by Crippen LogP contribution is -2.39. The number of carbonyl (C=O) groups excluding carboxylic acids is 2. The molecular weight excluding hydrogens is 448 g/mol. The second kappa shape index (κ2) is 11.5. The molecule has 6 heteroatoms. The molecule has 1 aromatic heterocycles. The molecule has 2 amide bonds. The van der Waals surface area contributed by atoms with Crippen LogP contribution >= 0.6 is 0 Å². The first-order valence-electron chi connectivity index (χ1n) is 12.2. The van der Waals surface area contributed by atoms with Crippen LogP contribution in [0.2, 0.25) is 0 Å². The summed E-state index contributed by atoms with van der Waals surface area (Å²) in [7, 11) is 0. The second-order valence-electron chi connectivity index (χ2n) is 9.12. The molecule has 0 saturated heterocycles. The molecular formula is C30H32N4O2. The van der Waals surface area contributed by atoms with Crippen LogP contribution in [0.5, 0.6) is 0 Å². The summed E-state index contributed by atoms with van der Waals surface area (Å²) < 4.78 is 1.92. The molecule has 4 aromatic rings. The van der Waals surface area contributed by atoms with Crippen molar-refractivity contribution in [1.82, 2.24) is 19.8 Å². The Kier molecular flexibility index (Phi) is 7.95. The highest BCUT2D eigenvalue weighted by atomic mass is 16.2. The van der Waals surface area contributed by atoms with Gasteiger partial charge in [-0.15, -0.1) is 0 Å². The summed E-state index contributed by atoms with van der Waals surface area (Å²) in [5, 5.41) is 3.00. The molecule has 1 atom stereocenters. The fourth-order valence-electron chi connectivity index (χ4n) is 4.22. The van der Waals surface area contributed by atoms with E-state index in [0.717, 1.165) is 22.2 Å². The van der Waals surface area contributed by atoms with E-state index >= 15 is 0 Å². The number of amides is 2. The van der Waals surface area contributed by atoms with Gasteiger partial charge in [0.15, 0.2) is 0 Å². The quantitative estimate of drug-likeness (QED) is 0.328. The summed E-state index contributed by atoms with van der Waals surface area (Å²) in [6.45, 7) is 6.61. The van der Waals surface area contributed by atoms with Crippen LogP contribution in [0.3, 0.4) is 0 Å². The van der Waals surface area contributed by atoms with Gasteiger partial charge in [0, 0.05) is 18.7 Å². The van der Waals surface area contributed by atoms with E-state index in [9.17, 15) is 9.59 Å². The summed E-state index contributed by atoms with van der Waals surface area (Å²) >= 11 is 0. The van der Waals surface area contributed by atoms with Crippen LogP contribution in [0.15, 0.2) is 91.0 Å². The fraction of sp³-hybridized carbons (Fsp3) is 0.233. The van der Waals surface area contributed by atoms with Gasteiger partial charge in [0.1, 0.15) is 12.4 Å². The lowest BCUT2D eigenvalue weighted by molar-refractivity contribution is -0.134. The number of carbonyl (C=O) groups is 2. The van der Waals surface area contributed by atoms with E-state index in [2.05, 4.69) is 5.32 Å². The van der Waals surface area contributed by atoms with E-state index < -0.39 is 0 Å². The Morgan fingerprint density at radius 1 is 0.917 bits per heavy atom. The molecule has 0 aliphatic carbocycles. The zero-order chi connectivity index (χ0) is 25.5. The monoisotopic (exact) mass is 480 g/mol. The fourth-order valence-corrected chi connectivity index (χ4v) is 4.22. The molecule has 6 nitrogen and oxygen atoms in total. The average Bonchev–Trinajstić information content (AvgIpc) is 3.25. The minimum atomic E-state index is -0.389. The van der Waals surface area contributed by atoms with E-state index in [0.29, 0.717) is 12.4 Å². The van der Waals surface area contributed by atoms with E-state index in [1.54, 1.807) is 6.08 Å². The third kappa shape index (κ3) is 6.08. The average molecular weight is 481 g/mol. The third-order valence-electron chi connectivity index (χ3n) is 6.09. The maximum absolute atomic E-state index is 13.5. The predicted molar refractivity (Wildman–Crippen MR) is 144 cm³/mol. The standard InChI is InChI=1S/C30H32N4O2/c1-22(2)33(20-25-14-8-5-9-15-25)29(36)21-34-27-17-11-10-16-26(27)32-30(34)23(3)31-28(35)19-18-24-12-6-4-7-13-24/h4-19,22-23H,20-21H2,1-3H3,(H,31,35)/b19-18-. The molecule has 184 valence electrons. The largest absolute Gasteiger partial charge is 0.343 e. The number of rotatable bonds is 9. The van der Waals surface area contributed by atoms with Crippen molar-refractivity contribution in [2.45, 2.75) is 45.9 Å². The number of para-hydroxylation sites is 2. The Morgan fingerprint density at radius 3 is 2.25 bits per heavy atom. The Morgan fingerprint density at radius 2 is 1.56 bits per heavy atom. The maximum atomic E-state index is 13.5. The Labute approximate surface area is 212 Å². The summed E-state index contributed by atoms with van der Waals surface area (Å²) in [5.74, 6) is 0.430. The van der Waals surface area contributed by atoms with Gasteiger partial charge in [-0.3, -0.25) is 9.59 Å². The zero-order valence-electron chi connectivity index (χ0n) is 21.0. The lowest BCUT2D eigenvalue weighted by Gasteiger charge is -2.28. The van der Waals surface area contributed by atoms with E-state index in [-0.39, 0.29) is 30.4 Å². The van der Waals surface area contributed by atoms with Gasteiger partial charge < -0.3 is 14.8 Å². The van der Waals surface area contributed by atoms with Gasteiger partial charge in [-0.1, -0.05) is 72.8 Å². The molecule has 0 radical (unpaired) electrons. The van der Waals surface area contributed by atoms with Gasteiger partial charge in [0.25, 0.3) is 0 Å².